The largest absolute Gasteiger partial charge is 0.491 e. The predicted octanol–water partition coefficient (Wildman–Crippen LogP) is 3.09. The quantitative estimate of drug-likeness (QED) is 0.458. The molecule has 0 unspecified atom stereocenters. The van der Waals surface area contributed by atoms with Crippen LogP contribution in [0.4, 0.5) is 13.2 Å². The summed E-state index contributed by atoms with van der Waals surface area (Å²) in [6.07, 6.45) is -3.59. The zero-order valence-corrected chi connectivity index (χ0v) is 25.8. The number of benzene rings is 3. The number of piperazine rings is 1. The van der Waals surface area contributed by atoms with Crippen LogP contribution in [-0.4, -0.2) is 99.0 Å². The monoisotopic (exact) mass is 658 g/mol. The molecule has 5 rings (SSSR count). The normalized spacial score (nSPS) is 18.7. The number of nitrogens with one attached hydrogen (secondary N) is 1. The van der Waals surface area contributed by atoms with Gasteiger partial charge in [0.15, 0.2) is 9.84 Å². The molecule has 1 saturated heterocycles. The van der Waals surface area contributed by atoms with Crippen LogP contribution in [0.2, 0.25) is 0 Å². The maximum atomic E-state index is 13.8. The summed E-state index contributed by atoms with van der Waals surface area (Å²) in [6, 6.07) is 16.9. The lowest BCUT2D eigenvalue weighted by Gasteiger charge is -2.42. The number of carbonyl (C=O) groups is 3. The lowest BCUT2D eigenvalue weighted by molar-refractivity contribution is -0.138. The van der Waals surface area contributed by atoms with Crippen molar-refractivity contribution in [1.29, 1.82) is 0 Å². The summed E-state index contributed by atoms with van der Waals surface area (Å²) in [6.45, 7) is 0.709. The fraction of sp³-hybridized carbons (Fsp3) is 0.344. The first kappa shape index (κ1) is 32.9. The minimum absolute atomic E-state index is 0.00596. The van der Waals surface area contributed by atoms with E-state index in [9.17, 15) is 36.0 Å². The molecule has 1 atom stereocenters. The summed E-state index contributed by atoms with van der Waals surface area (Å²) in [7, 11) is -3.41. The molecule has 3 amide bonds. The predicted molar refractivity (Wildman–Crippen MR) is 162 cm³/mol. The molecule has 3 aromatic rings. The summed E-state index contributed by atoms with van der Waals surface area (Å²) in [5, 5.41) is 2.63. The second-order valence-electron chi connectivity index (χ2n) is 11.3. The average Bonchev–Trinajstić information content (AvgIpc) is 3.03. The molecule has 0 spiro atoms. The standard InChI is InChI=1S/C32H33F3N4O6S/c1-46(43,44)26-10-7-22(8-11-26)18-37-14-13-36-30(41)27-17-24(32(33,34)35)9-12-28(27)45-21-25-19-38(15-16-39(25)29(40)20-37)31(42)23-5-3-2-4-6-23/h2-12,17,25H,13-16,18-21H2,1H3,(H,36,41)/t25-/m0/s1. The van der Waals surface area contributed by atoms with Crippen LogP contribution in [0, 0.1) is 0 Å². The minimum atomic E-state index is -4.69. The van der Waals surface area contributed by atoms with Crippen LogP contribution in [0.3, 0.4) is 0 Å². The van der Waals surface area contributed by atoms with Crippen molar-refractivity contribution in [2.45, 2.75) is 23.7 Å². The Morgan fingerprint density at radius 3 is 2.37 bits per heavy atom. The average molecular weight is 659 g/mol. The topological polar surface area (TPSA) is 116 Å². The molecule has 244 valence electrons. The van der Waals surface area contributed by atoms with Gasteiger partial charge in [-0.15, -0.1) is 0 Å². The summed E-state index contributed by atoms with van der Waals surface area (Å²) >= 11 is 0. The zero-order valence-electron chi connectivity index (χ0n) is 25.0. The highest BCUT2D eigenvalue weighted by Gasteiger charge is 2.36. The lowest BCUT2D eigenvalue weighted by atomic mass is 10.1. The molecule has 1 fully saturated rings. The molecule has 2 aliphatic rings. The number of hydrogen-bond donors (Lipinski definition) is 1. The SMILES string of the molecule is CS(=O)(=O)c1ccc(CN2CCNC(=O)c3cc(C(F)(F)F)ccc3OC[C@@H]3CN(C(=O)c4ccccc4)CCN3C(=O)C2)cc1. The van der Waals surface area contributed by atoms with E-state index in [1.54, 1.807) is 57.2 Å². The first-order chi connectivity index (χ1) is 21.8. The number of rotatable bonds is 4. The molecule has 46 heavy (non-hydrogen) atoms. The van der Waals surface area contributed by atoms with E-state index in [4.69, 9.17) is 4.74 Å². The van der Waals surface area contributed by atoms with Gasteiger partial charge in [0, 0.05) is 51.1 Å². The van der Waals surface area contributed by atoms with Gasteiger partial charge >= 0.3 is 6.18 Å². The summed E-state index contributed by atoms with van der Waals surface area (Å²) in [5.74, 6) is -1.34. The molecule has 1 N–H and O–H groups in total. The molecule has 0 aliphatic carbocycles. The number of fused-ring (bicyclic) bond motifs is 2. The molecule has 0 radical (unpaired) electrons. The van der Waals surface area contributed by atoms with Crippen molar-refractivity contribution >= 4 is 27.6 Å². The van der Waals surface area contributed by atoms with E-state index in [0.717, 1.165) is 24.5 Å². The van der Waals surface area contributed by atoms with E-state index in [2.05, 4.69) is 5.32 Å². The Morgan fingerprint density at radius 1 is 0.978 bits per heavy atom. The molecular formula is C32H33F3N4O6S. The van der Waals surface area contributed by atoms with Crippen molar-refractivity contribution in [2.24, 2.45) is 0 Å². The number of amides is 3. The van der Waals surface area contributed by atoms with E-state index >= 15 is 0 Å². The van der Waals surface area contributed by atoms with E-state index in [-0.39, 0.29) is 80.4 Å². The molecule has 2 aliphatic heterocycles. The third kappa shape index (κ3) is 7.85. The van der Waals surface area contributed by atoms with E-state index in [1.165, 1.54) is 12.1 Å². The molecule has 0 saturated carbocycles. The molecule has 2 heterocycles. The molecule has 3 aromatic carbocycles. The molecule has 10 nitrogen and oxygen atoms in total. The fourth-order valence-electron chi connectivity index (χ4n) is 5.49. The maximum Gasteiger partial charge on any atom is 0.416 e. The summed E-state index contributed by atoms with van der Waals surface area (Å²) in [4.78, 5) is 45.3. The van der Waals surface area contributed by atoms with E-state index < -0.39 is 33.5 Å². The highest BCUT2D eigenvalue weighted by atomic mass is 32.2. The van der Waals surface area contributed by atoms with Crippen LogP contribution >= 0.6 is 0 Å². The first-order valence-electron chi connectivity index (χ1n) is 14.6. The third-order valence-corrected chi connectivity index (χ3v) is 9.05. The van der Waals surface area contributed by atoms with Gasteiger partial charge in [0.1, 0.15) is 12.4 Å². The van der Waals surface area contributed by atoms with Crippen LogP contribution < -0.4 is 10.1 Å². The van der Waals surface area contributed by atoms with Gasteiger partial charge in [0.2, 0.25) is 5.91 Å². The lowest BCUT2D eigenvalue weighted by Crippen LogP contribution is -2.60. The molecule has 0 bridgehead atoms. The van der Waals surface area contributed by atoms with Gasteiger partial charge in [0.05, 0.1) is 28.6 Å². The van der Waals surface area contributed by atoms with Gasteiger partial charge in [-0.25, -0.2) is 8.42 Å². The van der Waals surface area contributed by atoms with Crippen molar-refractivity contribution in [1.82, 2.24) is 20.0 Å². The number of nitrogens with zero attached hydrogens (tertiary/aromatic N) is 3. The van der Waals surface area contributed by atoms with E-state index in [0.29, 0.717) is 11.1 Å². The highest BCUT2D eigenvalue weighted by Crippen LogP contribution is 2.33. The van der Waals surface area contributed by atoms with Gasteiger partial charge in [-0.2, -0.15) is 13.2 Å². The van der Waals surface area contributed by atoms with Crippen molar-refractivity contribution in [3.8, 4) is 5.75 Å². The highest BCUT2D eigenvalue weighted by molar-refractivity contribution is 7.90. The number of ether oxygens (including phenoxy) is 1. The third-order valence-electron chi connectivity index (χ3n) is 7.92. The Hall–Kier alpha value is -4.43. The number of alkyl halides is 3. The van der Waals surface area contributed by atoms with Crippen LogP contribution in [0.5, 0.6) is 5.75 Å². The maximum absolute atomic E-state index is 13.8. The van der Waals surface area contributed by atoms with E-state index in [1.807, 2.05) is 0 Å². The number of carbonyl (C=O) groups excluding carboxylic acids is 3. The van der Waals surface area contributed by atoms with Crippen molar-refractivity contribution in [3.05, 3.63) is 95.1 Å². The smallest absolute Gasteiger partial charge is 0.416 e. The van der Waals surface area contributed by atoms with Crippen molar-refractivity contribution in [3.63, 3.8) is 0 Å². The molecule has 0 aromatic heterocycles. The van der Waals surface area contributed by atoms with Crippen LogP contribution in [-0.2, 0) is 27.4 Å². The second-order valence-corrected chi connectivity index (χ2v) is 13.3. The Kier molecular flexibility index (Phi) is 9.68. The molecule has 14 heteroatoms. The zero-order chi connectivity index (χ0) is 33.1. The Labute approximate surface area is 264 Å². The van der Waals surface area contributed by atoms with Gasteiger partial charge in [-0.1, -0.05) is 30.3 Å². The number of hydrogen-bond acceptors (Lipinski definition) is 7. The van der Waals surface area contributed by atoms with Gasteiger partial charge in [-0.3, -0.25) is 19.3 Å². The second kappa shape index (κ2) is 13.5. The van der Waals surface area contributed by atoms with Crippen LogP contribution in [0.1, 0.15) is 31.8 Å². The number of sulfone groups is 1. The van der Waals surface area contributed by atoms with Crippen LogP contribution in [0.25, 0.3) is 0 Å². The van der Waals surface area contributed by atoms with Gasteiger partial charge in [-0.05, 0) is 48.0 Å². The summed E-state index contributed by atoms with van der Waals surface area (Å²) < 4.78 is 70.4. The van der Waals surface area contributed by atoms with Crippen molar-refractivity contribution in [2.75, 3.05) is 52.1 Å². The van der Waals surface area contributed by atoms with Crippen molar-refractivity contribution < 1.29 is 40.7 Å². The number of halogens is 3. The summed E-state index contributed by atoms with van der Waals surface area (Å²) in [5.41, 5.74) is -0.123. The van der Waals surface area contributed by atoms with Gasteiger partial charge < -0.3 is 19.9 Å². The Bertz CT molecular complexity index is 1700. The Morgan fingerprint density at radius 2 is 1.70 bits per heavy atom. The fourth-order valence-corrected chi connectivity index (χ4v) is 6.12. The molecular weight excluding hydrogens is 625 g/mol. The minimum Gasteiger partial charge on any atom is -0.491 e. The first-order valence-corrected chi connectivity index (χ1v) is 16.5. The van der Waals surface area contributed by atoms with Crippen LogP contribution in [0.15, 0.2) is 77.7 Å². The Balaban J connectivity index is 1.44. The van der Waals surface area contributed by atoms with Gasteiger partial charge in [0.25, 0.3) is 11.8 Å².